The molecule has 0 aromatic heterocycles. The lowest BCUT2D eigenvalue weighted by atomic mass is 9.78. The van der Waals surface area contributed by atoms with Crippen LogP contribution in [0.3, 0.4) is 0 Å². The highest BCUT2D eigenvalue weighted by Crippen LogP contribution is 2.39. The van der Waals surface area contributed by atoms with E-state index in [0.717, 1.165) is 0 Å². The number of hydrogen-bond acceptors (Lipinski definition) is 1. The topological polar surface area (TPSA) is 20.2 Å². The van der Waals surface area contributed by atoms with Crippen LogP contribution in [0.15, 0.2) is 24.3 Å². The predicted octanol–water partition coefficient (Wildman–Crippen LogP) is 7.83. The maximum absolute atomic E-state index is 10.4. The molecule has 0 aliphatic carbocycles. The van der Waals surface area contributed by atoms with Crippen LogP contribution in [0.5, 0.6) is 5.75 Å². The standard InChI is InChI=1S/C23H40O/c1-4-7-9-11-13-17-21(22-18-14-15-19-23(22)24)20(6-3)16-12-10-8-5-2/h14-15,18-21,24H,4-13,16-17H2,1-3H3. The van der Waals surface area contributed by atoms with E-state index >= 15 is 0 Å². The first-order valence-corrected chi connectivity index (χ1v) is 10.5. The van der Waals surface area contributed by atoms with Gasteiger partial charge in [-0.25, -0.2) is 0 Å². The van der Waals surface area contributed by atoms with Crippen molar-refractivity contribution in [2.45, 2.75) is 104 Å². The van der Waals surface area contributed by atoms with Crippen molar-refractivity contribution in [2.24, 2.45) is 5.92 Å². The fraction of sp³-hybridized carbons (Fsp3) is 0.739. The van der Waals surface area contributed by atoms with Gasteiger partial charge in [-0.3, -0.25) is 0 Å². The average molecular weight is 333 g/mol. The van der Waals surface area contributed by atoms with Gasteiger partial charge in [-0.05, 0) is 36.3 Å². The van der Waals surface area contributed by atoms with Gasteiger partial charge in [-0.1, -0.05) is 103 Å². The summed E-state index contributed by atoms with van der Waals surface area (Å²) in [5.41, 5.74) is 1.19. The van der Waals surface area contributed by atoms with Crippen molar-refractivity contribution in [3.63, 3.8) is 0 Å². The van der Waals surface area contributed by atoms with Gasteiger partial charge in [0.25, 0.3) is 0 Å². The first-order chi connectivity index (χ1) is 11.7. The van der Waals surface area contributed by atoms with Crippen molar-refractivity contribution in [3.8, 4) is 5.75 Å². The largest absolute Gasteiger partial charge is 0.508 e. The van der Waals surface area contributed by atoms with Crippen LogP contribution in [0.1, 0.15) is 109 Å². The average Bonchev–Trinajstić information content (AvgIpc) is 2.60. The zero-order valence-electron chi connectivity index (χ0n) is 16.4. The molecule has 0 aliphatic heterocycles. The van der Waals surface area contributed by atoms with E-state index in [1.54, 1.807) is 0 Å². The lowest BCUT2D eigenvalue weighted by Gasteiger charge is -2.28. The number of rotatable bonds is 14. The Morgan fingerprint density at radius 2 is 1.33 bits per heavy atom. The van der Waals surface area contributed by atoms with Crippen molar-refractivity contribution in [1.29, 1.82) is 0 Å². The molecule has 0 aliphatic rings. The van der Waals surface area contributed by atoms with Crippen LogP contribution in [0.25, 0.3) is 0 Å². The Labute approximate surface area is 150 Å². The molecule has 0 radical (unpaired) electrons. The summed E-state index contributed by atoms with van der Waals surface area (Å²) in [5, 5.41) is 10.4. The molecule has 1 aromatic rings. The number of unbranched alkanes of at least 4 members (excludes halogenated alkanes) is 7. The molecule has 1 heteroatoms. The molecule has 1 nitrogen and oxygen atoms in total. The molecule has 0 heterocycles. The van der Waals surface area contributed by atoms with Crippen LogP contribution in [-0.4, -0.2) is 5.11 Å². The van der Waals surface area contributed by atoms with Crippen LogP contribution < -0.4 is 0 Å². The smallest absolute Gasteiger partial charge is 0.119 e. The van der Waals surface area contributed by atoms with E-state index in [4.69, 9.17) is 0 Å². The molecule has 0 bridgehead atoms. The zero-order chi connectivity index (χ0) is 17.6. The van der Waals surface area contributed by atoms with Crippen LogP contribution in [0, 0.1) is 5.92 Å². The molecule has 1 rings (SSSR count). The molecule has 2 unspecified atom stereocenters. The molecular formula is C23H40O. The molecule has 138 valence electrons. The van der Waals surface area contributed by atoms with Crippen molar-refractivity contribution in [2.75, 3.05) is 0 Å². The Kier molecular flexibility index (Phi) is 11.7. The van der Waals surface area contributed by atoms with Gasteiger partial charge in [0.1, 0.15) is 5.75 Å². The van der Waals surface area contributed by atoms with E-state index in [0.29, 0.717) is 17.6 Å². The second-order valence-electron chi connectivity index (χ2n) is 7.39. The van der Waals surface area contributed by atoms with E-state index in [2.05, 4.69) is 32.9 Å². The summed E-state index contributed by atoms with van der Waals surface area (Å²) < 4.78 is 0. The first kappa shape index (κ1) is 21.1. The summed E-state index contributed by atoms with van der Waals surface area (Å²) in [7, 11) is 0. The summed E-state index contributed by atoms with van der Waals surface area (Å²) in [6.45, 7) is 6.88. The third-order valence-corrected chi connectivity index (χ3v) is 5.48. The number of benzene rings is 1. The molecule has 2 atom stereocenters. The third-order valence-electron chi connectivity index (χ3n) is 5.48. The summed E-state index contributed by atoms with van der Waals surface area (Å²) >= 11 is 0. The monoisotopic (exact) mass is 332 g/mol. The Bertz CT molecular complexity index is 412. The maximum atomic E-state index is 10.4. The molecule has 0 saturated carbocycles. The van der Waals surface area contributed by atoms with Gasteiger partial charge in [-0.2, -0.15) is 0 Å². The second-order valence-corrected chi connectivity index (χ2v) is 7.39. The van der Waals surface area contributed by atoms with Gasteiger partial charge in [0.05, 0.1) is 0 Å². The van der Waals surface area contributed by atoms with Crippen LogP contribution in [-0.2, 0) is 0 Å². The second kappa shape index (κ2) is 13.3. The lowest BCUT2D eigenvalue weighted by molar-refractivity contribution is 0.334. The Hall–Kier alpha value is -0.980. The molecule has 24 heavy (non-hydrogen) atoms. The van der Waals surface area contributed by atoms with Gasteiger partial charge in [-0.15, -0.1) is 0 Å². The van der Waals surface area contributed by atoms with Gasteiger partial charge in [0, 0.05) is 0 Å². The number of phenolic OH excluding ortho intramolecular Hbond substituents is 1. The molecular weight excluding hydrogens is 292 g/mol. The van der Waals surface area contributed by atoms with Gasteiger partial charge < -0.3 is 5.11 Å². The highest BCUT2D eigenvalue weighted by Gasteiger charge is 2.23. The van der Waals surface area contributed by atoms with Crippen molar-refractivity contribution in [1.82, 2.24) is 0 Å². The van der Waals surface area contributed by atoms with Crippen LogP contribution >= 0.6 is 0 Å². The molecule has 0 fully saturated rings. The summed E-state index contributed by atoms with van der Waals surface area (Å²) in [6.07, 6.45) is 15.8. The molecule has 1 N–H and O–H groups in total. The minimum absolute atomic E-state index is 0.503. The Balaban J connectivity index is 2.69. The van der Waals surface area contributed by atoms with Gasteiger partial charge in [0.15, 0.2) is 0 Å². The Morgan fingerprint density at radius 1 is 0.750 bits per heavy atom. The van der Waals surface area contributed by atoms with Gasteiger partial charge in [0.2, 0.25) is 0 Å². The summed E-state index contributed by atoms with van der Waals surface area (Å²) in [5.74, 6) is 1.74. The third kappa shape index (κ3) is 7.73. The normalized spacial score (nSPS) is 13.8. The minimum Gasteiger partial charge on any atom is -0.508 e. The van der Waals surface area contributed by atoms with Gasteiger partial charge >= 0.3 is 0 Å². The number of phenols is 1. The molecule has 0 amide bonds. The quantitative estimate of drug-likeness (QED) is 0.344. The highest BCUT2D eigenvalue weighted by atomic mass is 16.3. The maximum Gasteiger partial charge on any atom is 0.119 e. The predicted molar refractivity (Wildman–Crippen MR) is 107 cm³/mol. The molecule has 0 saturated heterocycles. The fourth-order valence-electron chi connectivity index (χ4n) is 3.94. The minimum atomic E-state index is 0.503. The van der Waals surface area contributed by atoms with E-state index in [1.165, 1.54) is 82.6 Å². The summed E-state index contributed by atoms with van der Waals surface area (Å²) in [6, 6.07) is 8.05. The van der Waals surface area contributed by atoms with Crippen molar-refractivity contribution >= 4 is 0 Å². The Morgan fingerprint density at radius 3 is 1.96 bits per heavy atom. The first-order valence-electron chi connectivity index (χ1n) is 10.5. The zero-order valence-corrected chi connectivity index (χ0v) is 16.4. The van der Waals surface area contributed by atoms with Crippen molar-refractivity contribution < 1.29 is 5.11 Å². The van der Waals surface area contributed by atoms with Crippen LogP contribution in [0.4, 0.5) is 0 Å². The number of hydrogen-bond donors (Lipinski definition) is 1. The van der Waals surface area contributed by atoms with Crippen LogP contribution in [0.2, 0.25) is 0 Å². The van der Waals surface area contributed by atoms with Crippen molar-refractivity contribution in [3.05, 3.63) is 29.8 Å². The molecule has 1 aromatic carbocycles. The number of aromatic hydroxyl groups is 1. The lowest BCUT2D eigenvalue weighted by Crippen LogP contribution is -2.13. The summed E-state index contributed by atoms with van der Waals surface area (Å²) in [4.78, 5) is 0. The number of para-hydroxylation sites is 1. The van der Waals surface area contributed by atoms with E-state index in [-0.39, 0.29) is 0 Å². The molecule has 0 spiro atoms. The highest BCUT2D eigenvalue weighted by molar-refractivity contribution is 5.35. The SMILES string of the molecule is CCCCCCCC(c1ccccc1O)C(CC)CCCCCC. The fourth-order valence-corrected chi connectivity index (χ4v) is 3.94. The van der Waals surface area contributed by atoms with E-state index in [9.17, 15) is 5.11 Å². The van der Waals surface area contributed by atoms with E-state index < -0.39 is 0 Å². The van der Waals surface area contributed by atoms with E-state index in [1.807, 2.05) is 12.1 Å².